The van der Waals surface area contributed by atoms with Crippen molar-refractivity contribution in [1.82, 2.24) is 10.3 Å². The fourth-order valence-electron chi connectivity index (χ4n) is 1.84. The van der Waals surface area contributed by atoms with E-state index in [1.165, 1.54) is 5.56 Å². The third-order valence-electron chi connectivity index (χ3n) is 2.63. The molecule has 0 saturated carbocycles. The van der Waals surface area contributed by atoms with Crippen molar-refractivity contribution in [2.45, 2.75) is 32.2 Å². The summed E-state index contributed by atoms with van der Waals surface area (Å²) in [7, 11) is 1.76. The van der Waals surface area contributed by atoms with Crippen molar-refractivity contribution >= 4 is 0 Å². The number of hydrogen-bond acceptors (Lipinski definition) is 3. The molecule has 1 aromatic rings. The summed E-state index contributed by atoms with van der Waals surface area (Å²) in [6.07, 6.45) is 7.05. The molecule has 3 nitrogen and oxygen atoms in total. The van der Waals surface area contributed by atoms with Gasteiger partial charge < -0.3 is 10.1 Å². The van der Waals surface area contributed by atoms with Crippen molar-refractivity contribution in [2.24, 2.45) is 0 Å². The Morgan fingerprint density at radius 3 is 2.75 bits per heavy atom. The van der Waals surface area contributed by atoms with E-state index < -0.39 is 0 Å². The number of pyridine rings is 1. The van der Waals surface area contributed by atoms with Crippen LogP contribution in [-0.4, -0.2) is 31.3 Å². The first-order valence-corrected chi connectivity index (χ1v) is 5.98. The highest BCUT2D eigenvalue weighted by atomic mass is 16.5. The van der Waals surface area contributed by atoms with Crippen LogP contribution in [0, 0.1) is 0 Å². The summed E-state index contributed by atoms with van der Waals surface area (Å²) in [6.45, 7) is 4.01. The Labute approximate surface area is 98.2 Å². The van der Waals surface area contributed by atoms with E-state index in [1.54, 1.807) is 7.11 Å². The average Bonchev–Trinajstić information content (AvgIpc) is 2.31. The number of aromatic nitrogens is 1. The van der Waals surface area contributed by atoms with Crippen LogP contribution < -0.4 is 5.32 Å². The molecule has 1 atom stereocenters. The smallest absolute Gasteiger partial charge is 0.0462 e. The molecule has 0 amide bonds. The SMILES string of the molecule is CCNC(CCCOC)Cc1ccncc1. The molecule has 0 aliphatic rings. The van der Waals surface area contributed by atoms with Gasteiger partial charge in [-0.2, -0.15) is 0 Å². The van der Waals surface area contributed by atoms with Gasteiger partial charge in [0.05, 0.1) is 0 Å². The zero-order valence-electron chi connectivity index (χ0n) is 10.3. The largest absolute Gasteiger partial charge is 0.385 e. The second-order valence-electron chi connectivity index (χ2n) is 3.95. The third kappa shape index (κ3) is 5.24. The summed E-state index contributed by atoms with van der Waals surface area (Å²) in [5.74, 6) is 0. The fourth-order valence-corrected chi connectivity index (χ4v) is 1.84. The maximum atomic E-state index is 5.08. The van der Waals surface area contributed by atoms with Crippen molar-refractivity contribution in [3.63, 3.8) is 0 Å². The molecular weight excluding hydrogens is 200 g/mol. The van der Waals surface area contributed by atoms with Gasteiger partial charge >= 0.3 is 0 Å². The van der Waals surface area contributed by atoms with Crippen LogP contribution in [0.3, 0.4) is 0 Å². The molecule has 3 heteroatoms. The van der Waals surface area contributed by atoms with Gasteiger partial charge in [0.25, 0.3) is 0 Å². The molecular formula is C13H22N2O. The quantitative estimate of drug-likeness (QED) is 0.683. The molecule has 1 unspecified atom stereocenters. The molecule has 0 bridgehead atoms. The van der Waals surface area contributed by atoms with E-state index in [2.05, 4.69) is 29.4 Å². The highest BCUT2D eigenvalue weighted by molar-refractivity contribution is 5.11. The summed E-state index contributed by atoms with van der Waals surface area (Å²) in [5.41, 5.74) is 1.35. The lowest BCUT2D eigenvalue weighted by atomic mass is 10.0. The summed E-state index contributed by atoms with van der Waals surface area (Å²) < 4.78 is 5.08. The predicted octanol–water partition coefficient (Wildman–Crippen LogP) is 2.03. The fraction of sp³-hybridized carbons (Fsp3) is 0.615. The molecule has 1 rings (SSSR count). The van der Waals surface area contributed by atoms with Crippen molar-refractivity contribution in [3.8, 4) is 0 Å². The number of nitrogens with zero attached hydrogens (tertiary/aromatic N) is 1. The molecule has 0 fully saturated rings. The first kappa shape index (κ1) is 13.1. The molecule has 0 radical (unpaired) electrons. The molecule has 0 saturated heterocycles. The predicted molar refractivity (Wildman–Crippen MR) is 66.5 cm³/mol. The van der Waals surface area contributed by atoms with Crippen LogP contribution in [0.5, 0.6) is 0 Å². The van der Waals surface area contributed by atoms with Gasteiger partial charge in [0.15, 0.2) is 0 Å². The summed E-state index contributed by atoms with van der Waals surface area (Å²) in [4.78, 5) is 4.03. The summed E-state index contributed by atoms with van der Waals surface area (Å²) >= 11 is 0. The summed E-state index contributed by atoms with van der Waals surface area (Å²) in [5, 5.41) is 3.51. The van der Waals surface area contributed by atoms with E-state index in [-0.39, 0.29) is 0 Å². The van der Waals surface area contributed by atoms with Crippen LogP contribution in [-0.2, 0) is 11.2 Å². The lowest BCUT2D eigenvalue weighted by molar-refractivity contribution is 0.188. The topological polar surface area (TPSA) is 34.1 Å². The number of likely N-dealkylation sites (N-methyl/N-ethyl adjacent to an activating group) is 1. The molecule has 0 aromatic carbocycles. The number of rotatable bonds is 8. The Bertz CT molecular complexity index is 264. The minimum absolute atomic E-state index is 0.544. The Kier molecular flexibility index (Phi) is 6.77. The first-order valence-electron chi connectivity index (χ1n) is 5.98. The lowest BCUT2D eigenvalue weighted by Crippen LogP contribution is -2.31. The number of ether oxygens (including phenoxy) is 1. The van der Waals surface area contributed by atoms with E-state index in [1.807, 2.05) is 12.4 Å². The van der Waals surface area contributed by atoms with Crippen LogP contribution in [0.25, 0.3) is 0 Å². The zero-order chi connectivity index (χ0) is 11.6. The zero-order valence-corrected chi connectivity index (χ0v) is 10.3. The van der Waals surface area contributed by atoms with Crippen LogP contribution in [0.4, 0.5) is 0 Å². The Balaban J connectivity index is 2.38. The molecule has 0 aliphatic heterocycles. The molecule has 90 valence electrons. The Morgan fingerprint density at radius 2 is 2.12 bits per heavy atom. The monoisotopic (exact) mass is 222 g/mol. The highest BCUT2D eigenvalue weighted by Gasteiger charge is 2.07. The Hall–Kier alpha value is -0.930. The van der Waals surface area contributed by atoms with Crippen LogP contribution in [0.1, 0.15) is 25.3 Å². The van der Waals surface area contributed by atoms with Gasteiger partial charge in [-0.15, -0.1) is 0 Å². The number of nitrogens with one attached hydrogen (secondary N) is 1. The first-order chi connectivity index (χ1) is 7.86. The molecule has 0 spiro atoms. The maximum absolute atomic E-state index is 5.08. The van der Waals surface area contributed by atoms with E-state index in [4.69, 9.17) is 4.74 Å². The third-order valence-corrected chi connectivity index (χ3v) is 2.63. The Morgan fingerprint density at radius 1 is 1.38 bits per heavy atom. The minimum atomic E-state index is 0.544. The van der Waals surface area contributed by atoms with Crippen LogP contribution >= 0.6 is 0 Å². The van der Waals surface area contributed by atoms with Gasteiger partial charge in [-0.25, -0.2) is 0 Å². The molecule has 1 aromatic heterocycles. The highest BCUT2D eigenvalue weighted by Crippen LogP contribution is 2.06. The molecule has 0 aliphatic carbocycles. The lowest BCUT2D eigenvalue weighted by Gasteiger charge is -2.17. The van der Waals surface area contributed by atoms with Gasteiger partial charge in [0, 0.05) is 32.2 Å². The van der Waals surface area contributed by atoms with E-state index in [9.17, 15) is 0 Å². The van der Waals surface area contributed by atoms with Crippen LogP contribution in [0.15, 0.2) is 24.5 Å². The van der Waals surface area contributed by atoms with Crippen molar-refractivity contribution in [1.29, 1.82) is 0 Å². The van der Waals surface area contributed by atoms with Crippen molar-refractivity contribution in [2.75, 3.05) is 20.3 Å². The minimum Gasteiger partial charge on any atom is -0.385 e. The average molecular weight is 222 g/mol. The molecule has 1 N–H and O–H groups in total. The second kappa shape index (κ2) is 8.25. The van der Waals surface area contributed by atoms with Gasteiger partial charge in [-0.3, -0.25) is 4.98 Å². The van der Waals surface area contributed by atoms with Gasteiger partial charge in [0.2, 0.25) is 0 Å². The van der Waals surface area contributed by atoms with E-state index >= 15 is 0 Å². The van der Waals surface area contributed by atoms with Gasteiger partial charge in [-0.1, -0.05) is 6.92 Å². The maximum Gasteiger partial charge on any atom is 0.0462 e. The van der Waals surface area contributed by atoms with E-state index in [0.717, 1.165) is 32.4 Å². The number of methoxy groups -OCH3 is 1. The molecule has 1 heterocycles. The van der Waals surface area contributed by atoms with Gasteiger partial charge in [0.1, 0.15) is 0 Å². The second-order valence-corrected chi connectivity index (χ2v) is 3.95. The standard InChI is InChI=1S/C13H22N2O/c1-3-15-13(5-4-10-16-2)11-12-6-8-14-9-7-12/h6-9,13,15H,3-5,10-11H2,1-2H3. The normalized spacial score (nSPS) is 12.6. The van der Waals surface area contributed by atoms with Crippen LogP contribution in [0.2, 0.25) is 0 Å². The number of hydrogen-bond donors (Lipinski definition) is 1. The molecule has 16 heavy (non-hydrogen) atoms. The summed E-state index contributed by atoms with van der Waals surface area (Å²) in [6, 6.07) is 4.71. The van der Waals surface area contributed by atoms with Crippen molar-refractivity contribution < 1.29 is 4.74 Å². The van der Waals surface area contributed by atoms with Gasteiger partial charge in [-0.05, 0) is 43.5 Å². The van der Waals surface area contributed by atoms with Crippen molar-refractivity contribution in [3.05, 3.63) is 30.1 Å². The van der Waals surface area contributed by atoms with E-state index in [0.29, 0.717) is 6.04 Å².